The van der Waals surface area contributed by atoms with Gasteiger partial charge in [0.05, 0.1) is 6.61 Å². The number of rotatable bonds is 7. The third-order valence-electron chi connectivity index (χ3n) is 3.49. The average Bonchev–Trinajstić information content (AvgIpc) is 2.63. The number of nitriles is 1. The zero-order chi connectivity index (χ0) is 18.9. The summed E-state index contributed by atoms with van der Waals surface area (Å²) in [5, 5.41) is 12.4. The molecule has 4 nitrogen and oxygen atoms in total. The zero-order valence-electron chi connectivity index (χ0n) is 14.3. The van der Waals surface area contributed by atoms with E-state index in [-0.39, 0.29) is 5.57 Å². The molecular formula is C20H18ClFN2O2. The second-order valence-electron chi connectivity index (χ2n) is 5.51. The Hall–Kier alpha value is -2.84. The lowest BCUT2D eigenvalue weighted by molar-refractivity contribution is -0.112. The number of hydrogen-bond donors (Lipinski definition) is 1. The lowest BCUT2D eigenvalue weighted by atomic mass is 10.1. The molecule has 1 N–H and O–H groups in total. The van der Waals surface area contributed by atoms with Crippen LogP contribution in [0, 0.1) is 17.1 Å². The van der Waals surface area contributed by atoms with E-state index in [0.29, 0.717) is 28.6 Å². The average molecular weight is 373 g/mol. The van der Waals surface area contributed by atoms with Crippen LogP contribution in [-0.4, -0.2) is 12.5 Å². The van der Waals surface area contributed by atoms with Crippen molar-refractivity contribution in [3.63, 3.8) is 0 Å². The van der Waals surface area contributed by atoms with Gasteiger partial charge in [0.2, 0.25) is 0 Å². The van der Waals surface area contributed by atoms with Crippen LogP contribution in [-0.2, 0) is 4.79 Å². The van der Waals surface area contributed by atoms with E-state index < -0.39 is 11.7 Å². The van der Waals surface area contributed by atoms with Crippen LogP contribution in [0.4, 0.5) is 10.1 Å². The fraction of sp³-hybridized carbons (Fsp3) is 0.200. The number of nitrogens with one attached hydrogen (secondary N) is 1. The summed E-state index contributed by atoms with van der Waals surface area (Å²) in [6.45, 7) is 2.59. The number of halogens is 2. The SMILES string of the molecule is CCCCOc1ccc(Cl)cc1/C=C(\C#N)C(=O)Nc1ccc(F)cc1. The molecular weight excluding hydrogens is 355 g/mol. The van der Waals surface area contributed by atoms with Crippen LogP contribution in [0.2, 0.25) is 5.02 Å². The molecule has 0 saturated carbocycles. The van der Waals surface area contributed by atoms with Crippen molar-refractivity contribution in [1.29, 1.82) is 5.26 Å². The van der Waals surface area contributed by atoms with Crippen LogP contribution in [0.1, 0.15) is 25.3 Å². The molecule has 0 aliphatic carbocycles. The molecule has 0 heterocycles. The highest BCUT2D eigenvalue weighted by molar-refractivity contribution is 6.30. The predicted molar refractivity (Wildman–Crippen MR) is 100 cm³/mol. The Labute approximate surface area is 156 Å². The first-order chi connectivity index (χ1) is 12.5. The highest BCUT2D eigenvalue weighted by Gasteiger charge is 2.12. The Bertz CT molecular complexity index is 842. The third-order valence-corrected chi connectivity index (χ3v) is 3.73. The molecule has 0 saturated heterocycles. The molecule has 0 fully saturated rings. The number of amides is 1. The number of unbranched alkanes of at least 4 members (excludes halogenated alkanes) is 1. The Balaban J connectivity index is 2.24. The second kappa shape index (κ2) is 9.59. The van der Waals surface area contributed by atoms with Gasteiger partial charge in [0, 0.05) is 16.3 Å². The van der Waals surface area contributed by atoms with Crippen molar-refractivity contribution in [3.05, 3.63) is 64.4 Å². The van der Waals surface area contributed by atoms with Crippen molar-refractivity contribution in [2.75, 3.05) is 11.9 Å². The van der Waals surface area contributed by atoms with Crippen LogP contribution < -0.4 is 10.1 Å². The lowest BCUT2D eigenvalue weighted by Gasteiger charge is -2.10. The third kappa shape index (κ3) is 5.61. The zero-order valence-corrected chi connectivity index (χ0v) is 15.0. The topological polar surface area (TPSA) is 62.1 Å². The van der Waals surface area contributed by atoms with Crippen LogP contribution in [0.5, 0.6) is 5.75 Å². The maximum Gasteiger partial charge on any atom is 0.266 e. The molecule has 0 atom stereocenters. The molecule has 2 aromatic rings. The van der Waals surface area contributed by atoms with Crippen LogP contribution in [0.3, 0.4) is 0 Å². The van der Waals surface area contributed by atoms with Gasteiger partial charge in [-0.15, -0.1) is 0 Å². The van der Waals surface area contributed by atoms with E-state index in [9.17, 15) is 14.4 Å². The van der Waals surface area contributed by atoms with Gasteiger partial charge >= 0.3 is 0 Å². The predicted octanol–water partition coefficient (Wildman–Crippen LogP) is 5.20. The lowest BCUT2D eigenvalue weighted by Crippen LogP contribution is -2.13. The first-order valence-corrected chi connectivity index (χ1v) is 8.52. The number of carbonyl (C=O) groups is 1. The summed E-state index contributed by atoms with van der Waals surface area (Å²) in [6.07, 6.45) is 3.30. The summed E-state index contributed by atoms with van der Waals surface area (Å²) in [4.78, 5) is 12.3. The van der Waals surface area contributed by atoms with Crippen molar-refractivity contribution < 1.29 is 13.9 Å². The largest absolute Gasteiger partial charge is 0.493 e. The van der Waals surface area contributed by atoms with E-state index >= 15 is 0 Å². The maximum absolute atomic E-state index is 12.9. The van der Waals surface area contributed by atoms with Gasteiger partial charge in [-0.05, 0) is 55.0 Å². The normalized spacial score (nSPS) is 10.9. The van der Waals surface area contributed by atoms with Gasteiger partial charge in [-0.2, -0.15) is 5.26 Å². The maximum atomic E-state index is 12.9. The molecule has 26 heavy (non-hydrogen) atoms. The molecule has 134 valence electrons. The van der Waals surface area contributed by atoms with Gasteiger partial charge < -0.3 is 10.1 Å². The van der Waals surface area contributed by atoms with Crippen LogP contribution in [0.25, 0.3) is 6.08 Å². The van der Waals surface area contributed by atoms with Crippen molar-refractivity contribution in [2.45, 2.75) is 19.8 Å². The van der Waals surface area contributed by atoms with Gasteiger partial charge in [-0.1, -0.05) is 24.9 Å². The Morgan fingerprint density at radius 1 is 1.31 bits per heavy atom. The van der Waals surface area contributed by atoms with Gasteiger partial charge in [-0.3, -0.25) is 4.79 Å². The number of ether oxygens (including phenoxy) is 1. The van der Waals surface area contributed by atoms with Crippen LogP contribution in [0.15, 0.2) is 48.0 Å². The van der Waals surface area contributed by atoms with Crippen molar-refractivity contribution in [3.8, 4) is 11.8 Å². The first kappa shape index (κ1) is 19.5. The molecule has 0 aliphatic heterocycles. The number of carbonyl (C=O) groups excluding carboxylic acids is 1. The molecule has 0 bridgehead atoms. The van der Waals surface area contributed by atoms with E-state index in [2.05, 4.69) is 12.2 Å². The molecule has 0 aromatic heterocycles. The summed E-state index contributed by atoms with van der Waals surface area (Å²) >= 11 is 6.03. The number of anilines is 1. The number of benzene rings is 2. The molecule has 1 amide bonds. The van der Waals surface area contributed by atoms with Gasteiger partial charge in [0.25, 0.3) is 5.91 Å². The van der Waals surface area contributed by atoms with E-state index in [1.165, 1.54) is 30.3 Å². The Kier molecular flexibility index (Phi) is 7.19. The fourth-order valence-corrected chi connectivity index (χ4v) is 2.31. The van der Waals surface area contributed by atoms with Gasteiger partial charge in [0.1, 0.15) is 23.2 Å². The molecule has 6 heteroatoms. The molecule has 0 spiro atoms. The second-order valence-corrected chi connectivity index (χ2v) is 5.95. The summed E-state index contributed by atoms with van der Waals surface area (Å²) < 4.78 is 18.6. The fourth-order valence-electron chi connectivity index (χ4n) is 2.13. The van der Waals surface area contributed by atoms with Crippen molar-refractivity contribution in [2.24, 2.45) is 0 Å². The highest BCUT2D eigenvalue weighted by Crippen LogP contribution is 2.26. The first-order valence-electron chi connectivity index (χ1n) is 8.14. The molecule has 0 unspecified atom stereocenters. The summed E-state index contributed by atoms with van der Waals surface area (Å²) in [5.74, 6) is -0.462. The summed E-state index contributed by atoms with van der Waals surface area (Å²) in [5.41, 5.74) is 0.819. The Morgan fingerprint density at radius 3 is 2.69 bits per heavy atom. The molecule has 2 aromatic carbocycles. The number of hydrogen-bond acceptors (Lipinski definition) is 3. The number of nitrogens with zero attached hydrogens (tertiary/aromatic N) is 1. The minimum Gasteiger partial charge on any atom is -0.493 e. The highest BCUT2D eigenvalue weighted by atomic mass is 35.5. The standard InChI is InChI=1S/C20H18ClFN2O2/c1-2-3-10-26-19-9-4-16(21)12-14(19)11-15(13-23)20(25)24-18-7-5-17(22)6-8-18/h4-9,11-12H,2-3,10H2,1H3,(H,24,25)/b15-11+. The monoisotopic (exact) mass is 372 g/mol. The van der Waals surface area contributed by atoms with E-state index in [1.54, 1.807) is 18.2 Å². The minimum absolute atomic E-state index is 0.114. The summed E-state index contributed by atoms with van der Waals surface area (Å²) in [6, 6.07) is 12.2. The summed E-state index contributed by atoms with van der Waals surface area (Å²) in [7, 11) is 0. The van der Waals surface area contributed by atoms with Crippen LogP contribution >= 0.6 is 11.6 Å². The Morgan fingerprint density at radius 2 is 2.04 bits per heavy atom. The van der Waals surface area contributed by atoms with E-state index in [0.717, 1.165) is 12.8 Å². The van der Waals surface area contributed by atoms with Crippen molar-refractivity contribution >= 4 is 29.3 Å². The quantitative estimate of drug-likeness (QED) is 0.412. The van der Waals surface area contributed by atoms with E-state index in [1.807, 2.05) is 6.07 Å². The molecule has 2 rings (SSSR count). The minimum atomic E-state index is -0.599. The smallest absolute Gasteiger partial charge is 0.266 e. The molecule has 0 aliphatic rings. The van der Waals surface area contributed by atoms with Gasteiger partial charge in [0.15, 0.2) is 0 Å². The van der Waals surface area contributed by atoms with E-state index in [4.69, 9.17) is 16.3 Å². The van der Waals surface area contributed by atoms with Crippen molar-refractivity contribution in [1.82, 2.24) is 0 Å². The molecule has 0 radical (unpaired) electrons. The van der Waals surface area contributed by atoms with Gasteiger partial charge in [-0.25, -0.2) is 4.39 Å².